The van der Waals surface area contributed by atoms with Crippen LogP contribution in [0.15, 0.2) is 42.6 Å². The van der Waals surface area contributed by atoms with E-state index in [1.54, 1.807) is 6.20 Å². The third-order valence-electron chi connectivity index (χ3n) is 3.31. The van der Waals surface area contributed by atoms with Crippen molar-refractivity contribution in [3.63, 3.8) is 0 Å². The van der Waals surface area contributed by atoms with Crippen LogP contribution in [0.4, 0.5) is 5.69 Å². The number of benzene rings is 1. The first-order chi connectivity index (χ1) is 9.27. The molecule has 1 aromatic heterocycles. The third kappa shape index (κ3) is 4.10. The maximum absolute atomic E-state index is 3.97. The minimum atomic E-state index is 0.324. The molecule has 0 amide bonds. The van der Waals surface area contributed by atoms with E-state index in [9.17, 15) is 0 Å². The number of hydrogen-bond donors (Lipinski definition) is 2. The SMILES string of the molecule is CC(NCCCN(C)c1ccccc1)c1ccn[nH]1. The Morgan fingerprint density at radius 3 is 2.74 bits per heavy atom. The summed E-state index contributed by atoms with van der Waals surface area (Å²) < 4.78 is 0. The Hall–Kier alpha value is -1.81. The molecule has 0 spiro atoms. The van der Waals surface area contributed by atoms with Crippen LogP contribution in [0.1, 0.15) is 25.1 Å². The fraction of sp³-hybridized carbons (Fsp3) is 0.400. The Balaban J connectivity index is 1.67. The molecule has 0 radical (unpaired) electrons. The van der Waals surface area contributed by atoms with Crippen LogP contribution in [0.3, 0.4) is 0 Å². The molecular formula is C15H22N4. The highest BCUT2D eigenvalue weighted by Crippen LogP contribution is 2.11. The van der Waals surface area contributed by atoms with E-state index in [1.807, 2.05) is 12.1 Å². The van der Waals surface area contributed by atoms with Gasteiger partial charge in [0.05, 0.1) is 5.69 Å². The molecule has 1 aromatic carbocycles. The van der Waals surface area contributed by atoms with Gasteiger partial charge in [-0.3, -0.25) is 5.10 Å². The van der Waals surface area contributed by atoms with Crippen LogP contribution < -0.4 is 10.2 Å². The van der Waals surface area contributed by atoms with Gasteiger partial charge in [0.15, 0.2) is 0 Å². The average Bonchev–Trinajstić information content (AvgIpc) is 2.98. The summed E-state index contributed by atoms with van der Waals surface area (Å²) in [6, 6.07) is 12.8. The van der Waals surface area contributed by atoms with E-state index < -0.39 is 0 Å². The summed E-state index contributed by atoms with van der Waals surface area (Å²) in [6.45, 7) is 4.19. The number of aromatic nitrogens is 2. The monoisotopic (exact) mass is 258 g/mol. The van der Waals surface area contributed by atoms with Crippen molar-refractivity contribution in [2.24, 2.45) is 0 Å². The molecule has 19 heavy (non-hydrogen) atoms. The van der Waals surface area contributed by atoms with E-state index in [0.29, 0.717) is 6.04 Å². The highest BCUT2D eigenvalue weighted by Gasteiger charge is 2.05. The van der Waals surface area contributed by atoms with Crippen molar-refractivity contribution in [3.8, 4) is 0 Å². The predicted molar refractivity (Wildman–Crippen MR) is 79.3 cm³/mol. The smallest absolute Gasteiger partial charge is 0.0518 e. The molecule has 2 aromatic rings. The summed E-state index contributed by atoms with van der Waals surface area (Å²) in [5.74, 6) is 0. The number of rotatable bonds is 7. The summed E-state index contributed by atoms with van der Waals surface area (Å²) in [4.78, 5) is 2.28. The first-order valence-electron chi connectivity index (χ1n) is 6.76. The second-order valence-corrected chi connectivity index (χ2v) is 4.80. The van der Waals surface area contributed by atoms with Crippen LogP contribution >= 0.6 is 0 Å². The van der Waals surface area contributed by atoms with Crippen LogP contribution in [0, 0.1) is 0 Å². The Labute approximate surface area is 114 Å². The molecule has 0 fully saturated rings. The molecule has 0 aliphatic rings. The minimum absolute atomic E-state index is 0.324. The number of anilines is 1. The zero-order valence-corrected chi connectivity index (χ0v) is 11.6. The quantitative estimate of drug-likeness (QED) is 0.750. The Morgan fingerprint density at radius 2 is 2.05 bits per heavy atom. The van der Waals surface area contributed by atoms with E-state index in [0.717, 1.165) is 25.2 Å². The summed E-state index contributed by atoms with van der Waals surface area (Å²) in [5.41, 5.74) is 2.40. The van der Waals surface area contributed by atoms with Gasteiger partial charge in [-0.15, -0.1) is 0 Å². The van der Waals surface area contributed by atoms with Crippen molar-refractivity contribution < 1.29 is 0 Å². The van der Waals surface area contributed by atoms with E-state index in [2.05, 4.69) is 58.7 Å². The molecule has 2 N–H and O–H groups in total. The van der Waals surface area contributed by atoms with Crippen molar-refractivity contribution in [2.45, 2.75) is 19.4 Å². The molecule has 0 saturated heterocycles. The van der Waals surface area contributed by atoms with Gasteiger partial charge in [0.1, 0.15) is 0 Å². The Kier molecular flexibility index (Phi) is 4.98. The van der Waals surface area contributed by atoms with Crippen molar-refractivity contribution >= 4 is 5.69 Å². The van der Waals surface area contributed by atoms with E-state index in [1.165, 1.54) is 5.69 Å². The third-order valence-corrected chi connectivity index (χ3v) is 3.31. The topological polar surface area (TPSA) is 44.0 Å². The maximum Gasteiger partial charge on any atom is 0.0518 e. The van der Waals surface area contributed by atoms with Crippen molar-refractivity contribution in [2.75, 3.05) is 25.0 Å². The molecule has 4 nitrogen and oxygen atoms in total. The van der Waals surface area contributed by atoms with Gasteiger partial charge < -0.3 is 10.2 Å². The molecule has 1 atom stereocenters. The first kappa shape index (κ1) is 13.6. The van der Waals surface area contributed by atoms with Gasteiger partial charge in [0, 0.05) is 31.5 Å². The molecule has 0 bridgehead atoms. The van der Waals surface area contributed by atoms with E-state index in [-0.39, 0.29) is 0 Å². The lowest BCUT2D eigenvalue weighted by Crippen LogP contribution is -2.25. The van der Waals surface area contributed by atoms with Crippen LogP contribution in [-0.2, 0) is 0 Å². The summed E-state index contributed by atoms with van der Waals surface area (Å²) in [7, 11) is 2.13. The Morgan fingerprint density at radius 1 is 1.26 bits per heavy atom. The fourth-order valence-electron chi connectivity index (χ4n) is 2.06. The van der Waals surface area contributed by atoms with Gasteiger partial charge in [-0.25, -0.2) is 0 Å². The van der Waals surface area contributed by atoms with Gasteiger partial charge in [0.25, 0.3) is 0 Å². The molecule has 0 aliphatic carbocycles. The predicted octanol–water partition coefficient (Wildman–Crippen LogP) is 2.59. The lowest BCUT2D eigenvalue weighted by molar-refractivity contribution is 0.546. The number of H-pyrrole nitrogens is 1. The molecule has 0 saturated carbocycles. The van der Waals surface area contributed by atoms with Crippen molar-refractivity contribution in [1.82, 2.24) is 15.5 Å². The van der Waals surface area contributed by atoms with Gasteiger partial charge in [0.2, 0.25) is 0 Å². The number of nitrogens with one attached hydrogen (secondary N) is 2. The number of aromatic amines is 1. The molecule has 4 heteroatoms. The average molecular weight is 258 g/mol. The highest BCUT2D eigenvalue weighted by molar-refractivity contribution is 5.44. The highest BCUT2D eigenvalue weighted by atomic mass is 15.1. The lowest BCUT2D eigenvalue weighted by atomic mass is 10.2. The minimum Gasteiger partial charge on any atom is -0.375 e. The molecule has 1 unspecified atom stereocenters. The lowest BCUT2D eigenvalue weighted by Gasteiger charge is -2.20. The zero-order valence-electron chi connectivity index (χ0n) is 11.6. The van der Waals surface area contributed by atoms with Gasteiger partial charge >= 0.3 is 0 Å². The maximum atomic E-state index is 3.97. The summed E-state index contributed by atoms with van der Waals surface area (Å²) in [5, 5.41) is 10.4. The van der Waals surface area contributed by atoms with Crippen LogP contribution in [-0.4, -0.2) is 30.3 Å². The first-order valence-corrected chi connectivity index (χ1v) is 6.76. The fourth-order valence-corrected chi connectivity index (χ4v) is 2.06. The van der Waals surface area contributed by atoms with Crippen LogP contribution in [0.25, 0.3) is 0 Å². The normalized spacial score (nSPS) is 12.3. The second kappa shape index (κ2) is 6.95. The summed E-state index contributed by atoms with van der Waals surface area (Å²) >= 11 is 0. The summed E-state index contributed by atoms with van der Waals surface area (Å²) in [6.07, 6.45) is 2.90. The number of hydrogen-bond acceptors (Lipinski definition) is 3. The van der Waals surface area contributed by atoms with Crippen molar-refractivity contribution in [1.29, 1.82) is 0 Å². The molecule has 1 heterocycles. The molecular weight excluding hydrogens is 236 g/mol. The van der Waals surface area contributed by atoms with Crippen LogP contribution in [0.2, 0.25) is 0 Å². The molecule has 0 aliphatic heterocycles. The second-order valence-electron chi connectivity index (χ2n) is 4.80. The van der Waals surface area contributed by atoms with E-state index in [4.69, 9.17) is 0 Å². The molecule has 102 valence electrons. The Bertz CT molecular complexity index is 452. The number of nitrogens with zero attached hydrogens (tertiary/aromatic N) is 2. The van der Waals surface area contributed by atoms with E-state index >= 15 is 0 Å². The van der Waals surface area contributed by atoms with Crippen molar-refractivity contribution in [3.05, 3.63) is 48.3 Å². The molecule has 2 rings (SSSR count). The van der Waals surface area contributed by atoms with Crippen LogP contribution in [0.5, 0.6) is 0 Å². The van der Waals surface area contributed by atoms with Gasteiger partial charge in [-0.1, -0.05) is 18.2 Å². The zero-order chi connectivity index (χ0) is 13.5. The standard InChI is InChI=1S/C15H22N4/c1-13(15-9-11-17-18-15)16-10-6-12-19(2)14-7-4-3-5-8-14/h3-5,7-9,11,13,16H,6,10,12H2,1-2H3,(H,17,18). The van der Waals surface area contributed by atoms with Gasteiger partial charge in [-0.2, -0.15) is 5.10 Å². The largest absolute Gasteiger partial charge is 0.375 e. The van der Waals surface area contributed by atoms with Gasteiger partial charge in [-0.05, 0) is 38.1 Å². The number of para-hydroxylation sites is 1.